The number of nitro benzene ring substituents is 1. The first-order valence-electron chi connectivity index (χ1n) is 8.49. The molecule has 0 spiro atoms. The van der Waals surface area contributed by atoms with E-state index in [9.17, 15) is 10.1 Å². The molecule has 1 aromatic rings. The van der Waals surface area contributed by atoms with Crippen LogP contribution in [0.25, 0.3) is 0 Å². The van der Waals surface area contributed by atoms with Crippen LogP contribution < -0.4 is 10.6 Å². The Morgan fingerprint density at radius 2 is 2.12 bits per heavy atom. The molecular formula is C17H30IN5O3. The summed E-state index contributed by atoms with van der Waals surface area (Å²) in [6.45, 7) is 6.56. The van der Waals surface area contributed by atoms with Gasteiger partial charge < -0.3 is 20.3 Å². The largest absolute Gasteiger partial charge is 0.385 e. The summed E-state index contributed by atoms with van der Waals surface area (Å²) in [7, 11) is 3.78. The smallest absolute Gasteiger partial charge is 0.269 e. The third kappa shape index (κ3) is 10.5. The van der Waals surface area contributed by atoms with Gasteiger partial charge in [0.25, 0.3) is 5.69 Å². The number of rotatable bonds is 11. The number of hydrogen-bond donors (Lipinski definition) is 2. The zero-order chi connectivity index (χ0) is 18.5. The summed E-state index contributed by atoms with van der Waals surface area (Å²) in [5.74, 6) is 0.708. The Labute approximate surface area is 172 Å². The molecule has 0 heterocycles. The summed E-state index contributed by atoms with van der Waals surface area (Å²) in [6.07, 6.45) is 1.01. The van der Waals surface area contributed by atoms with E-state index in [-0.39, 0.29) is 29.7 Å². The number of non-ortho nitro benzene ring substituents is 1. The number of methoxy groups -OCH3 is 1. The maximum Gasteiger partial charge on any atom is 0.269 e. The molecule has 2 N–H and O–H groups in total. The highest BCUT2D eigenvalue weighted by Gasteiger charge is 2.05. The van der Waals surface area contributed by atoms with Gasteiger partial charge in [0.05, 0.1) is 11.5 Å². The maximum atomic E-state index is 10.8. The number of nitrogens with one attached hydrogen (secondary N) is 2. The Morgan fingerprint density at radius 3 is 2.77 bits per heavy atom. The van der Waals surface area contributed by atoms with Gasteiger partial charge in [0.2, 0.25) is 0 Å². The van der Waals surface area contributed by atoms with Crippen LogP contribution in [0.15, 0.2) is 29.3 Å². The third-order valence-corrected chi connectivity index (χ3v) is 3.56. The summed E-state index contributed by atoms with van der Waals surface area (Å²) in [5.41, 5.74) is 0.895. The summed E-state index contributed by atoms with van der Waals surface area (Å²) >= 11 is 0. The minimum atomic E-state index is -0.393. The number of hydrogen-bond acceptors (Lipinski definition) is 5. The molecule has 0 fully saturated rings. The molecular weight excluding hydrogens is 449 g/mol. The topological polar surface area (TPSA) is 92.0 Å². The molecule has 1 aromatic carbocycles. The lowest BCUT2D eigenvalue weighted by molar-refractivity contribution is -0.384. The molecule has 0 aliphatic heterocycles. The first-order chi connectivity index (χ1) is 12.1. The van der Waals surface area contributed by atoms with Gasteiger partial charge in [-0.1, -0.05) is 12.1 Å². The highest BCUT2D eigenvalue weighted by atomic mass is 127. The van der Waals surface area contributed by atoms with E-state index >= 15 is 0 Å². The van der Waals surface area contributed by atoms with Gasteiger partial charge >= 0.3 is 0 Å². The number of halogens is 1. The number of likely N-dealkylation sites (N-methyl/N-ethyl adjacent to an activating group) is 1. The predicted octanol–water partition coefficient (Wildman–Crippen LogP) is 2.24. The Kier molecular flexibility index (Phi) is 13.9. The van der Waals surface area contributed by atoms with Crippen LogP contribution in [0.4, 0.5) is 5.69 Å². The fraction of sp³-hybridized carbons (Fsp3) is 0.588. The van der Waals surface area contributed by atoms with Gasteiger partial charge in [-0.25, -0.2) is 4.99 Å². The van der Waals surface area contributed by atoms with Crippen molar-refractivity contribution in [1.29, 1.82) is 0 Å². The molecule has 0 radical (unpaired) electrons. The van der Waals surface area contributed by atoms with Crippen molar-refractivity contribution in [2.24, 2.45) is 4.99 Å². The molecule has 1 rings (SSSR count). The Balaban J connectivity index is 0.00000625. The lowest BCUT2D eigenvalue weighted by Gasteiger charge is -2.18. The van der Waals surface area contributed by atoms with Crippen LogP contribution in [-0.2, 0) is 11.3 Å². The fourth-order valence-electron chi connectivity index (χ4n) is 2.24. The van der Waals surface area contributed by atoms with Crippen molar-refractivity contribution < 1.29 is 9.66 Å². The number of benzene rings is 1. The highest BCUT2D eigenvalue weighted by Crippen LogP contribution is 2.13. The summed E-state index contributed by atoms with van der Waals surface area (Å²) in [5, 5.41) is 17.3. The van der Waals surface area contributed by atoms with Crippen molar-refractivity contribution in [1.82, 2.24) is 15.5 Å². The van der Waals surface area contributed by atoms with Crippen LogP contribution in [-0.4, -0.2) is 62.7 Å². The summed E-state index contributed by atoms with van der Waals surface area (Å²) in [4.78, 5) is 17.2. The van der Waals surface area contributed by atoms with Crippen LogP contribution in [0.1, 0.15) is 18.9 Å². The molecule has 148 valence electrons. The van der Waals surface area contributed by atoms with E-state index in [0.29, 0.717) is 12.5 Å². The molecule has 0 amide bonds. The first-order valence-corrected chi connectivity index (χ1v) is 8.49. The molecule has 9 heteroatoms. The van der Waals surface area contributed by atoms with E-state index in [1.54, 1.807) is 19.2 Å². The summed E-state index contributed by atoms with van der Waals surface area (Å²) in [6, 6.07) is 6.55. The second-order valence-electron chi connectivity index (χ2n) is 5.70. The van der Waals surface area contributed by atoms with Crippen molar-refractivity contribution >= 4 is 35.6 Å². The van der Waals surface area contributed by atoms with E-state index in [1.807, 2.05) is 13.0 Å². The molecule has 0 aliphatic carbocycles. The molecule has 26 heavy (non-hydrogen) atoms. The van der Waals surface area contributed by atoms with Crippen molar-refractivity contribution in [2.45, 2.75) is 19.9 Å². The normalized spacial score (nSPS) is 11.2. The van der Waals surface area contributed by atoms with E-state index in [2.05, 4.69) is 27.6 Å². The lowest BCUT2D eigenvalue weighted by atomic mass is 10.2. The highest BCUT2D eigenvalue weighted by molar-refractivity contribution is 14.0. The van der Waals surface area contributed by atoms with Crippen LogP contribution in [0.2, 0.25) is 0 Å². The van der Waals surface area contributed by atoms with Gasteiger partial charge in [0.15, 0.2) is 5.96 Å². The second-order valence-corrected chi connectivity index (χ2v) is 5.70. The lowest BCUT2D eigenvalue weighted by Crippen LogP contribution is -2.41. The molecule has 0 saturated carbocycles. The van der Waals surface area contributed by atoms with Gasteiger partial charge in [-0.2, -0.15) is 0 Å². The maximum absolute atomic E-state index is 10.8. The molecule has 0 saturated heterocycles. The molecule has 0 aromatic heterocycles. The van der Waals surface area contributed by atoms with Crippen molar-refractivity contribution in [3.63, 3.8) is 0 Å². The molecule has 0 unspecified atom stereocenters. The minimum absolute atomic E-state index is 0. The Hall–Kier alpha value is -1.46. The van der Waals surface area contributed by atoms with Gasteiger partial charge in [0.1, 0.15) is 0 Å². The number of nitro groups is 1. The van der Waals surface area contributed by atoms with Crippen LogP contribution in [0.3, 0.4) is 0 Å². The van der Waals surface area contributed by atoms with Gasteiger partial charge in [0, 0.05) is 52.0 Å². The quantitative estimate of drug-likeness (QED) is 0.126. The molecule has 0 bridgehead atoms. The average molecular weight is 479 g/mol. The molecule has 8 nitrogen and oxygen atoms in total. The van der Waals surface area contributed by atoms with Gasteiger partial charge in [-0.3, -0.25) is 10.1 Å². The van der Waals surface area contributed by atoms with E-state index in [4.69, 9.17) is 4.74 Å². The van der Waals surface area contributed by atoms with Crippen LogP contribution in [0.5, 0.6) is 0 Å². The zero-order valence-electron chi connectivity index (χ0n) is 15.7. The number of guanidine groups is 1. The predicted molar refractivity (Wildman–Crippen MR) is 115 cm³/mol. The van der Waals surface area contributed by atoms with Crippen molar-refractivity contribution in [3.05, 3.63) is 39.9 Å². The van der Waals surface area contributed by atoms with Gasteiger partial charge in [-0.15, -0.1) is 24.0 Å². The SMILES string of the molecule is CCNC(=NCc1cccc([N+](=O)[O-])c1)NCCN(C)CCCOC.I. The summed E-state index contributed by atoms with van der Waals surface area (Å²) < 4.78 is 5.05. The number of ether oxygens (including phenoxy) is 1. The average Bonchev–Trinajstić information content (AvgIpc) is 2.60. The number of nitrogens with zero attached hydrogens (tertiary/aromatic N) is 3. The first kappa shape index (κ1) is 24.5. The van der Waals surface area contributed by atoms with Gasteiger partial charge in [-0.05, 0) is 26.0 Å². The molecule has 0 aliphatic rings. The van der Waals surface area contributed by atoms with Crippen LogP contribution >= 0.6 is 24.0 Å². The van der Waals surface area contributed by atoms with Crippen LogP contribution in [0, 0.1) is 10.1 Å². The van der Waals surface area contributed by atoms with Crippen molar-refractivity contribution in [2.75, 3.05) is 46.9 Å². The minimum Gasteiger partial charge on any atom is -0.385 e. The number of aliphatic imine (C=N–C) groups is 1. The zero-order valence-corrected chi connectivity index (χ0v) is 18.1. The van der Waals surface area contributed by atoms with E-state index in [1.165, 1.54) is 6.07 Å². The molecule has 0 atom stereocenters. The van der Waals surface area contributed by atoms with E-state index < -0.39 is 4.92 Å². The standard InChI is InChI=1S/C17H29N5O3.HI/c1-4-18-17(19-9-11-21(2)10-6-12-25-3)20-14-15-7-5-8-16(13-15)22(23)24;/h5,7-8,13H,4,6,9-12,14H2,1-3H3,(H2,18,19,20);1H. The Morgan fingerprint density at radius 1 is 1.35 bits per heavy atom. The van der Waals surface area contributed by atoms with Crippen molar-refractivity contribution in [3.8, 4) is 0 Å². The van der Waals surface area contributed by atoms with E-state index in [0.717, 1.165) is 44.8 Å². The Bertz CT molecular complexity index is 557. The fourth-order valence-corrected chi connectivity index (χ4v) is 2.24. The monoisotopic (exact) mass is 479 g/mol. The second kappa shape index (κ2) is 14.7. The third-order valence-electron chi connectivity index (χ3n) is 3.56.